The predicted octanol–water partition coefficient (Wildman–Crippen LogP) is 5.54. The van der Waals surface area contributed by atoms with Crippen LogP contribution in [-0.4, -0.2) is 22.3 Å². The molecule has 0 atom stereocenters. The molecule has 0 bridgehead atoms. The van der Waals surface area contributed by atoms with E-state index in [1.807, 2.05) is 30.5 Å². The summed E-state index contributed by atoms with van der Waals surface area (Å²) in [6.07, 6.45) is 5.47. The standard InChI is InChI=1S/C22H21Cl2NO4/c1-13-10-15(14(2)25(13)16-6-7-18(23)19(24)12-16)11-17-20(26)28-22(29-21(17)27)8-4-3-5-9-22/h6-7,10-12H,3-5,8-9H2,1-2H3. The number of carbonyl (C=O) groups is 2. The fourth-order valence-electron chi connectivity index (χ4n) is 4.08. The highest BCUT2D eigenvalue weighted by atomic mass is 35.5. The van der Waals surface area contributed by atoms with Crippen molar-refractivity contribution in [3.63, 3.8) is 0 Å². The second kappa shape index (κ2) is 7.54. The number of halogens is 2. The third-order valence-electron chi connectivity index (χ3n) is 5.54. The number of aryl methyl sites for hydroxylation is 1. The summed E-state index contributed by atoms with van der Waals surface area (Å²) >= 11 is 12.2. The third kappa shape index (κ3) is 3.69. The monoisotopic (exact) mass is 433 g/mol. The van der Waals surface area contributed by atoms with Crippen LogP contribution in [0, 0.1) is 13.8 Å². The van der Waals surface area contributed by atoms with Gasteiger partial charge in [0.2, 0.25) is 0 Å². The van der Waals surface area contributed by atoms with Gasteiger partial charge >= 0.3 is 11.9 Å². The molecule has 1 spiro atoms. The molecule has 1 saturated heterocycles. The van der Waals surface area contributed by atoms with E-state index in [-0.39, 0.29) is 5.57 Å². The van der Waals surface area contributed by atoms with E-state index in [1.54, 1.807) is 12.1 Å². The van der Waals surface area contributed by atoms with E-state index in [1.165, 1.54) is 6.08 Å². The Labute approximate surface area is 179 Å². The maximum Gasteiger partial charge on any atom is 0.348 e. The Balaban J connectivity index is 1.67. The molecule has 1 aromatic heterocycles. The van der Waals surface area contributed by atoms with Gasteiger partial charge in [0.25, 0.3) is 5.79 Å². The Bertz CT molecular complexity index is 1010. The molecule has 2 fully saturated rings. The highest BCUT2D eigenvalue weighted by Gasteiger charge is 2.46. The van der Waals surface area contributed by atoms with Crippen molar-refractivity contribution in [2.24, 2.45) is 0 Å². The van der Waals surface area contributed by atoms with E-state index < -0.39 is 17.7 Å². The lowest BCUT2D eigenvalue weighted by molar-refractivity contribution is -0.244. The average molecular weight is 434 g/mol. The van der Waals surface area contributed by atoms with Crippen molar-refractivity contribution >= 4 is 41.2 Å². The molecule has 1 saturated carbocycles. The molecule has 4 rings (SSSR count). The van der Waals surface area contributed by atoms with Crippen molar-refractivity contribution in [1.29, 1.82) is 0 Å². The van der Waals surface area contributed by atoms with E-state index in [9.17, 15) is 9.59 Å². The number of hydrogen-bond donors (Lipinski definition) is 0. The van der Waals surface area contributed by atoms with Crippen molar-refractivity contribution < 1.29 is 19.1 Å². The van der Waals surface area contributed by atoms with E-state index in [4.69, 9.17) is 32.7 Å². The summed E-state index contributed by atoms with van der Waals surface area (Å²) in [6, 6.07) is 7.27. The van der Waals surface area contributed by atoms with Crippen LogP contribution in [0.25, 0.3) is 11.8 Å². The number of hydrogen-bond acceptors (Lipinski definition) is 4. The van der Waals surface area contributed by atoms with Gasteiger partial charge in [0, 0.05) is 29.9 Å². The van der Waals surface area contributed by atoms with E-state index in [2.05, 4.69) is 0 Å². The maximum absolute atomic E-state index is 12.6. The summed E-state index contributed by atoms with van der Waals surface area (Å²) in [6.45, 7) is 3.84. The Kier molecular flexibility index (Phi) is 5.21. The Hall–Kier alpha value is -2.24. The number of esters is 2. The summed E-state index contributed by atoms with van der Waals surface area (Å²) in [4.78, 5) is 25.2. The summed E-state index contributed by atoms with van der Waals surface area (Å²) < 4.78 is 13.1. The highest BCUT2D eigenvalue weighted by Crippen LogP contribution is 2.37. The smallest absolute Gasteiger partial charge is 0.348 e. The van der Waals surface area contributed by atoms with Crippen LogP contribution >= 0.6 is 23.2 Å². The Morgan fingerprint density at radius 1 is 0.966 bits per heavy atom. The zero-order valence-corrected chi connectivity index (χ0v) is 17.8. The van der Waals surface area contributed by atoms with E-state index in [0.29, 0.717) is 22.9 Å². The molecule has 1 aromatic carbocycles. The van der Waals surface area contributed by atoms with Crippen LogP contribution in [0.4, 0.5) is 0 Å². The van der Waals surface area contributed by atoms with Crippen molar-refractivity contribution in [2.75, 3.05) is 0 Å². The Morgan fingerprint density at radius 2 is 1.62 bits per heavy atom. The Morgan fingerprint density at radius 3 is 2.24 bits per heavy atom. The van der Waals surface area contributed by atoms with Crippen molar-refractivity contribution in [1.82, 2.24) is 4.57 Å². The first kappa shape index (κ1) is 20.0. The van der Waals surface area contributed by atoms with Gasteiger partial charge in [0.15, 0.2) is 0 Å². The second-order valence-corrected chi connectivity index (χ2v) is 8.38. The molecule has 2 aliphatic rings. The first-order valence-electron chi connectivity index (χ1n) is 9.62. The molecular weight excluding hydrogens is 413 g/mol. The molecule has 0 unspecified atom stereocenters. The normalized spacial score (nSPS) is 18.6. The zero-order valence-electron chi connectivity index (χ0n) is 16.3. The van der Waals surface area contributed by atoms with Crippen LogP contribution in [0.5, 0.6) is 0 Å². The fraction of sp³-hybridized carbons (Fsp3) is 0.364. The van der Waals surface area contributed by atoms with Crippen LogP contribution in [0.2, 0.25) is 10.0 Å². The topological polar surface area (TPSA) is 57.5 Å². The number of nitrogens with zero attached hydrogens (tertiary/aromatic N) is 1. The van der Waals surface area contributed by atoms with E-state index >= 15 is 0 Å². The van der Waals surface area contributed by atoms with Crippen LogP contribution in [-0.2, 0) is 19.1 Å². The molecule has 29 heavy (non-hydrogen) atoms. The van der Waals surface area contributed by atoms with Crippen LogP contribution in [0.15, 0.2) is 29.8 Å². The van der Waals surface area contributed by atoms with Crippen LogP contribution < -0.4 is 0 Å². The molecule has 2 heterocycles. The summed E-state index contributed by atoms with van der Waals surface area (Å²) in [5, 5.41) is 0.929. The summed E-state index contributed by atoms with van der Waals surface area (Å²) in [5.74, 6) is -2.33. The molecule has 7 heteroatoms. The minimum absolute atomic E-state index is 0.0874. The molecule has 1 aliphatic carbocycles. The minimum atomic E-state index is -1.08. The van der Waals surface area contributed by atoms with Gasteiger partial charge in [0.1, 0.15) is 5.57 Å². The van der Waals surface area contributed by atoms with Gasteiger partial charge in [-0.15, -0.1) is 0 Å². The molecule has 1 aliphatic heterocycles. The van der Waals surface area contributed by atoms with Gasteiger partial charge in [-0.1, -0.05) is 29.6 Å². The maximum atomic E-state index is 12.6. The number of ether oxygens (including phenoxy) is 2. The van der Waals surface area contributed by atoms with Gasteiger partial charge in [-0.05, 0) is 62.6 Å². The van der Waals surface area contributed by atoms with Crippen LogP contribution in [0.1, 0.15) is 49.1 Å². The average Bonchev–Trinajstić information content (AvgIpc) is 2.95. The fourth-order valence-corrected chi connectivity index (χ4v) is 4.37. The lowest BCUT2D eigenvalue weighted by Gasteiger charge is -2.38. The molecule has 0 N–H and O–H groups in total. The lowest BCUT2D eigenvalue weighted by atomic mass is 9.93. The SMILES string of the molecule is Cc1cc(C=C2C(=O)OC3(CCCCC3)OC2=O)c(C)n1-c1ccc(Cl)c(Cl)c1. The van der Waals surface area contributed by atoms with Crippen molar-refractivity contribution in [3.8, 4) is 5.69 Å². The molecule has 0 radical (unpaired) electrons. The van der Waals surface area contributed by atoms with Gasteiger partial charge in [-0.2, -0.15) is 0 Å². The number of aromatic nitrogens is 1. The first-order chi connectivity index (χ1) is 13.8. The summed E-state index contributed by atoms with van der Waals surface area (Å²) in [7, 11) is 0. The predicted molar refractivity (Wildman–Crippen MR) is 111 cm³/mol. The van der Waals surface area contributed by atoms with Crippen molar-refractivity contribution in [2.45, 2.75) is 51.7 Å². The second-order valence-electron chi connectivity index (χ2n) is 7.57. The van der Waals surface area contributed by atoms with Gasteiger partial charge in [-0.25, -0.2) is 9.59 Å². The lowest BCUT2D eigenvalue weighted by Crippen LogP contribution is -2.47. The van der Waals surface area contributed by atoms with E-state index in [0.717, 1.165) is 41.9 Å². The number of rotatable bonds is 2. The molecule has 152 valence electrons. The largest absolute Gasteiger partial charge is 0.419 e. The zero-order chi connectivity index (χ0) is 20.8. The third-order valence-corrected chi connectivity index (χ3v) is 6.28. The quantitative estimate of drug-likeness (QED) is 0.354. The summed E-state index contributed by atoms with van der Waals surface area (Å²) in [5.41, 5.74) is 3.27. The van der Waals surface area contributed by atoms with Crippen LogP contribution in [0.3, 0.4) is 0 Å². The molecular formula is C22H21Cl2NO4. The van der Waals surface area contributed by atoms with Gasteiger partial charge in [0.05, 0.1) is 10.0 Å². The first-order valence-corrected chi connectivity index (χ1v) is 10.4. The molecule has 0 amide bonds. The van der Waals surface area contributed by atoms with Gasteiger partial charge < -0.3 is 14.0 Å². The number of carbonyl (C=O) groups excluding carboxylic acids is 2. The molecule has 5 nitrogen and oxygen atoms in total. The van der Waals surface area contributed by atoms with Crippen molar-refractivity contribution in [3.05, 3.63) is 56.8 Å². The minimum Gasteiger partial charge on any atom is -0.419 e. The number of benzene rings is 1. The highest BCUT2D eigenvalue weighted by molar-refractivity contribution is 6.42. The molecule has 2 aromatic rings. The van der Waals surface area contributed by atoms with Gasteiger partial charge in [-0.3, -0.25) is 0 Å².